The Kier molecular flexibility index (Phi) is 87.0. The maximum atomic E-state index is 8.89. The van der Waals surface area contributed by atoms with E-state index in [1.165, 1.54) is 0 Å². The first-order valence-electron chi connectivity index (χ1n) is 7.06. The number of carbonyl (C=O) groups excluding carboxylic acids is 5. The van der Waals surface area contributed by atoms with E-state index in [9.17, 15) is 0 Å². The van der Waals surface area contributed by atoms with Gasteiger partial charge in [0.2, 0.25) is 0 Å². The topological polar surface area (TPSA) is 301 Å². The molecule has 0 heterocycles. The van der Waals surface area contributed by atoms with Gasteiger partial charge in [-0.15, -0.1) is 0 Å². The van der Waals surface area contributed by atoms with E-state index in [2.05, 4.69) is 5.32 Å². The molecular weight excluding hydrogens is 440 g/mol. The van der Waals surface area contributed by atoms with Gasteiger partial charge in [0.05, 0.1) is 0 Å². The predicted octanol–water partition coefficient (Wildman–Crippen LogP) is -7.35. The van der Waals surface area contributed by atoms with Crippen LogP contribution < -0.4 is 48.5 Å². The van der Waals surface area contributed by atoms with E-state index in [0.717, 1.165) is 47.7 Å². The summed E-state index contributed by atoms with van der Waals surface area (Å²) in [5, 5.41) is 47.5. The molecule has 0 radical (unpaired) electrons. The average molecular weight is 472 g/mol. The molecule has 0 rings (SSSR count). The van der Waals surface area contributed by atoms with Gasteiger partial charge < -0.3 is 72.4 Å². The van der Waals surface area contributed by atoms with E-state index >= 15 is 0 Å². The zero-order valence-corrected chi connectivity index (χ0v) is 18.5. The molecule has 0 unspecified atom stereocenters. The quantitative estimate of drug-likeness (QED) is 0.218. The van der Waals surface area contributed by atoms with E-state index in [1.807, 2.05) is 0 Å². The zero-order valence-electron chi connectivity index (χ0n) is 17.4. The van der Waals surface area contributed by atoms with E-state index in [4.69, 9.17) is 61.0 Å². The third-order valence-corrected chi connectivity index (χ3v) is 0.642. The number of nitrogens with two attached hydrogens (primary N) is 2. The smallest absolute Gasteiger partial charge is 0.550 e. The van der Waals surface area contributed by atoms with Crippen molar-refractivity contribution in [2.45, 2.75) is 34.6 Å². The van der Waals surface area contributed by atoms with Crippen LogP contribution in [0.3, 0.4) is 0 Å². The van der Waals surface area contributed by atoms with Crippen LogP contribution in [0.25, 0.3) is 0 Å². The zero-order chi connectivity index (χ0) is 23.4. The molecule has 0 aromatic rings. The summed E-state index contributed by atoms with van der Waals surface area (Å²) in [4.78, 5) is 44.4. The second kappa shape index (κ2) is 50.1. The number of nitrogens with one attached hydrogen (secondary N) is 1. The molecule has 176 valence electrons. The summed E-state index contributed by atoms with van der Waals surface area (Å²) >= 11 is 0. The fraction of sp³-hybridized carbons (Fsp3) is 0.643. The number of hydrogen-bond donors (Lipinski definition) is 4. The molecule has 0 bridgehead atoms. The minimum absolute atomic E-state index is 0. The van der Waals surface area contributed by atoms with Crippen molar-refractivity contribution >= 4 is 29.8 Å². The Morgan fingerprint density at radius 2 is 0.690 bits per heavy atom. The Hall–Kier alpha value is -2.29. The third kappa shape index (κ3) is 4950. The molecule has 14 nitrogen and oxygen atoms in total. The summed E-state index contributed by atoms with van der Waals surface area (Å²) in [5.74, 6) is -5.42. The minimum Gasteiger partial charge on any atom is -0.550 e. The van der Waals surface area contributed by atoms with E-state index in [0.29, 0.717) is 13.1 Å². The maximum Gasteiger partial charge on any atom is 4.00 e. The Bertz CT molecular complexity index is 292. The van der Waals surface area contributed by atoms with Crippen molar-refractivity contribution in [2.24, 2.45) is 11.5 Å². The standard InChI is InChI=1S/C4H13N3.5C2H4O2.Fe.H3N/c5-1-3-7-4-2-6;5*1-2(3)4;;/h7H,1-6H2;5*1H3,(H,3,4);;1H3/q;;;;;;+4;/p-4. The SMILES string of the molecule is CC(=O)[O-].CC(=O)[O-].CC(=O)[O-].CC(=O)[O-].CC(=O)[O-].NCCNCCN.[Fe+4].[NH4+]. The minimum atomic E-state index is -1.08. The van der Waals surface area contributed by atoms with Crippen LogP contribution in [0.2, 0.25) is 0 Å². The van der Waals surface area contributed by atoms with Crippen LogP contribution in [0.4, 0.5) is 0 Å². The van der Waals surface area contributed by atoms with E-state index < -0.39 is 29.8 Å². The molecule has 0 aromatic carbocycles. The molecule has 0 saturated carbocycles. The number of hydrogen-bond acceptors (Lipinski definition) is 13. The summed E-state index contributed by atoms with van der Waals surface area (Å²) in [6.07, 6.45) is 0. The second-order valence-corrected chi connectivity index (χ2v) is 3.79. The summed E-state index contributed by atoms with van der Waals surface area (Å²) in [5.41, 5.74) is 10.3. The van der Waals surface area contributed by atoms with Gasteiger partial charge in [0.25, 0.3) is 0 Å². The first-order chi connectivity index (χ1) is 12.1. The van der Waals surface area contributed by atoms with Gasteiger partial charge in [0, 0.05) is 56.0 Å². The predicted molar refractivity (Wildman–Crippen MR) is 90.4 cm³/mol. The molecule has 0 spiro atoms. The van der Waals surface area contributed by atoms with Gasteiger partial charge in [-0.3, -0.25) is 0 Å². The summed E-state index contributed by atoms with van der Waals surface area (Å²) in [6, 6.07) is 0. The first kappa shape index (κ1) is 50.4. The number of rotatable bonds is 4. The van der Waals surface area contributed by atoms with Crippen molar-refractivity contribution in [2.75, 3.05) is 26.2 Å². The number of carboxylic acids is 5. The van der Waals surface area contributed by atoms with E-state index in [1.54, 1.807) is 0 Å². The van der Waals surface area contributed by atoms with Crippen molar-refractivity contribution in [1.29, 1.82) is 0 Å². The molecule has 15 heteroatoms. The molecular formula is C14H32FeN4O10. The van der Waals surface area contributed by atoms with Crippen LogP contribution in [0, 0.1) is 0 Å². The van der Waals surface area contributed by atoms with Gasteiger partial charge in [0.1, 0.15) is 0 Å². The molecule has 0 atom stereocenters. The molecule has 9 N–H and O–H groups in total. The monoisotopic (exact) mass is 472 g/mol. The third-order valence-electron chi connectivity index (χ3n) is 0.642. The molecule has 0 fully saturated rings. The van der Waals surface area contributed by atoms with Crippen molar-refractivity contribution in [3.05, 3.63) is 0 Å². The van der Waals surface area contributed by atoms with Crippen LogP contribution >= 0.6 is 0 Å². The number of aliphatic carboxylic acids is 5. The van der Waals surface area contributed by atoms with Gasteiger partial charge >= 0.3 is 17.1 Å². The Morgan fingerprint density at radius 3 is 0.759 bits per heavy atom. The summed E-state index contributed by atoms with van der Waals surface area (Å²) in [6.45, 7) is 7.99. The van der Waals surface area contributed by atoms with Crippen molar-refractivity contribution in [1.82, 2.24) is 11.5 Å². The van der Waals surface area contributed by atoms with Gasteiger partial charge in [0.15, 0.2) is 0 Å². The molecule has 0 aliphatic rings. The Balaban J connectivity index is -0.0000000305. The molecule has 0 amide bonds. The number of carbonyl (C=O) groups is 5. The molecule has 29 heavy (non-hydrogen) atoms. The Morgan fingerprint density at radius 1 is 0.586 bits per heavy atom. The molecule has 0 aliphatic heterocycles. The number of carboxylic acid groups (broad SMARTS) is 5. The van der Waals surface area contributed by atoms with Gasteiger partial charge in [-0.05, 0) is 34.6 Å². The second-order valence-electron chi connectivity index (χ2n) is 3.79. The fourth-order valence-electron chi connectivity index (χ4n) is 0.329. The number of quaternary nitrogens is 1. The van der Waals surface area contributed by atoms with Gasteiger partial charge in [-0.1, -0.05) is 0 Å². The van der Waals surface area contributed by atoms with Gasteiger partial charge in [-0.2, -0.15) is 0 Å². The molecule has 0 aliphatic carbocycles. The van der Waals surface area contributed by atoms with Crippen LogP contribution in [-0.2, 0) is 41.0 Å². The van der Waals surface area contributed by atoms with Crippen LogP contribution in [0.5, 0.6) is 0 Å². The van der Waals surface area contributed by atoms with Crippen molar-refractivity contribution < 1.29 is 66.6 Å². The van der Waals surface area contributed by atoms with Crippen LogP contribution in [-0.4, -0.2) is 56.0 Å². The summed E-state index contributed by atoms with van der Waals surface area (Å²) in [7, 11) is 0. The maximum absolute atomic E-state index is 8.89. The van der Waals surface area contributed by atoms with Crippen molar-refractivity contribution in [3.8, 4) is 0 Å². The first-order valence-corrected chi connectivity index (χ1v) is 7.06. The Labute approximate surface area is 180 Å². The van der Waals surface area contributed by atoms with Crippen molar-refractivity contribution in [3.63, 3.8) is 0 Å². The largest absolute Gasteiger partial charge is 4.00 e. The normalized spacial score (nSPS) is 6.59. The van der Waals surface area contributed by atoms with Crippen LogP contribution in [0.1, 0.15) is 34.6 Å². The van der Waals surface area contributed by atoms with Crippen LogP contribution in [0.15, 0.2) is 0 Å². The molecule has 0 aromatic heterocycles. The average Bonchev–Trinajstić information content (AvgIpc) is 2.35. The fourth-order valence-corrected chi connectivity index (χ4v) is 0.329. The van der Waals surface area contributed by atoms with Gasteiger partial charge in [-0.25, -0.2) is 0 Å². The molecule has 0 saturated heterocycles. The summed E-state index contributed by atoms with van der Waals surface area (Å²) < 4.78 is 0. The van der Waals surface area contributed by atoms with E-state index in [-0.39, 0.29) is 23.2 Å².